The molecule has 18 heavy (non-hydrogen) atoms. The average molecular weight is 266 g/mol. The molecule has 0 saturated heterocycles. The van der Waals surface area contributed by atoms with Crippen LogP contribution in [0.1, 0.15) is 46.1 Å². The van der Waals surface area contributed by atoms with Gasteiger partial charge in [-0.1, -0.05) is 39.8 Å². The predicted octanol–water partition coefficient (Wildman–Crippen LogP) is 3.46. The topological polar surface area (TPSA) is 34.1 Å². The summed E-state index contributed by atoms with van der Waals surface area (Å²) < 4.78 is 12.0. The number of hydrogen-bond acceptors (Lipinski definition) is 2. The Hall–Kier alpha value is -0.960. The van der Waals surface area contributed by atoms with Crippen molar-refractivity contribution in [3.8, 4) is 0 Å². The molecule has 0 heterocycles. The third kappa shape index (κ3) is 4.37. The number of Topliss-reactive ketones (excluding diaryl/α,β-unsaturated/α-hetero) is 1. The van der Waals surface area contributed by atoms with Gasteiger partial charge in [-0.25, -0.2) is 0 Å². The van der Waals surface area contributed by atoms with Gasteiger partial charge >= 0.3 is 0 Å². The van der Waals surface area contributed by atoms with Crippen LogP contribution in [0.3, 0.4) is 0 Å². The van der Waals surface area contributed by atoms with E-state index in [2.05, 4.69) is 20.8 Å². The molecule has 0 aliphatic heterocycles. The highest BCUT2D eigenvalue weighted by Crippen LogP contribution is 2.23. The Morgan fingerprint density at radius 2 is 1.72 bits per heavy atom. The van der Waals surface area contributed by atoms with E-state index in [1.54, 1.807) is 0 Å². The van der Waals surface area contributed by atoms with Gasteiger partial charge in [0.05, 0.1) is 16.6 Å². The van der Waals surface area contributed by atoms with Gasteiger partial charge in [-0.15, -0.1) is 0 Å². The maximum absolute atomic E-state index is 12.0. The van der Waals surface area contributed by atoms with Crippen LogP contribution in [-0.2, 0) is 21.0 Å². The minimum Gasteiger partial charge on any atom is -0.299 e. The number of rotatable bonds is 5. The molecule has 0 radical (unpaired) electrons. The van der Waals surface area contributed by atoms with Crippen LogP contribution >= 0.6 is 0 Å². The third-order valence-corrected chi connectivity index (χ3v) is 4.19. The highest BCUT2D eigenvalue weighted by Gasteiger charge is 2.14. The van der Waals surface area contributed by atoms with Crippen LogP contribution in [0.5, 0.6) is 0 Å². The molecule has 3 heteroatoms. The van der Waals surface area contributed by atoms with E-state index in [4.69, 9.17) is 0 Å². The molecule has 1 unspecified atom stereocenters. The largest absolute Gasteiger partial charge is 0.299 e. The predicted molar refractivity (Wildman–Crippen MR) is 76.3 cm³/mol. The van der Waals surface area contributed by atoms with Gasteiger partial charge < -0.3 is 0 Å². The zero-order valence-corrected chi connectivity index (χ0v) is 12.5. The Morgan fingerprint density at radius 1 is 1.17 bits per heavy atom. The highest BCUT2D eigenvalue weighted by molar-refractivity contribution is 7.85. The standard InChI is InChI=1S/C15H22O2S/c1-5-6-13(16)11-18(17)14-9-7-12(8-10-14)15(2,3)4/h7-10H,5-6,11H2,1-4H3. The van der Waals surface area contributed by atoms with Gasteiger partial charge in [0.25, 0.3) is 0 Å². The van der Waals surface area contributed by atoms with Gasteiger partial charge in [-0.2, -0.15) is 0 Å². The molecule has 0 saturated carbocycles. The fourth-order valence-corrected chi connectivity index (χ4v) is 2.73. The van der Waals surface area contributed by atoms with Crippen molar-refractivity contribution in [3.63, 3.8) is 0 Å². The van der Waals surface area contributed by atoms with E-state index in [1.807, 2.05) is 31.2 Å². The van der Waals surface area contributed by atoms with Gasteiger partial charge in [-0.05, 0) is 29.5 Å². The fraction of sp³-hybridized carbons (Fsp3) is 0.533. The lowest BCUT2D eigenvalue weighted by Crippen LogP contribution is -2.12. The maximum atomic E-state index is 12.0. The minimum absolute atomic E-state index is 0.0794. The lowest BCUT2D eigenvalue weighted by Gasteiger charge is -2.19. The number of carbonyl (C=O) groups excluding carboxylic acids is 1. The molecule has 0 N–H and O–H groups in total. The molecule has 1 rings (SSSR count). The Kier molecular flexibility index (Phi) is 5.27. The Labute approximate surface area is 112 Å². The van der Waals surface area contributed by atoms with Gasteiger partial charge in [0.1, 0.15) is 5.78 Å². The number of ketones is 1. The van der Waals surface area contributed by atoms with Gasteiger partial charge in [0, 0.05) is 11.3 Å². The first-order chi connectivity index (χ1) is 8.34. The lowest BCUT2D eigenvalue weighted by atomic mass is 9.87. The third-order valence-electron chi connectivity index (χ3n) is 2.80. The number of benzene rings is 1. The second kappa shape index (κ2) is 6.28. The molecule has 0 spiro atoms. The molecule has 1 aromatic rings. The van der Waals surface area contributed by atoms with Crippen molar-refractivity contribution in [1.29, 1.82) is 0 Å². The molecule has 0 aliphatic carbocycles. The molecule has 0 aliphatic rings. The van der Waals surface area contributed by atoms with Crippen molar-refractivity contribution >= 4 is 16.6 Å². The molecule has 1 aromatic carbocycles. The van der Waals surface area contributed by atoms with Crippen LogP contribution in [-0.4, -0.2) is 15.7 Å². The van der Waals surface area contributed by atoms with Gasteiger partial charge in [0.2, 0.25) is 0 Å². The Balaban J connectivity index is 2.74. The molecule has 1 atom stereocenters. The van der Waals surface area contributed by atoms with Gasteiger partial charge in [0.15, 0.2) is 0 Å². The first-order valence-corrected chi connectivity index (χ1v) is 7.67. The van der Waals surface area contributed by atoms with E-state index in [1.165, 1.54) is 5.56 Å². The molecule has 2 nitrogen and oxygen atoms in total. The molecule has 100 valence electrons. The zero-order chi connectivity index (χ0) is 13.8. The molecule has 0 aromatic heterocycles. The quantitative estimate of drug-likeness (QED) is 0.818. The van der Waals surface area contributed by atoms with Crippen molar-refractivity contribution in [3.05, 3.63) is 29.8 Å². The Bertz CT molecular complexity index is 427. The SMILES string of the molecule is CCCC(=O)CS(=O)c1ccc(C(C)(C)C)cc1. The highest BCUT2D eigenvalue weighted by atomic mass is 32.2. The maximum Gasteiger partial charge on any atom is 0.145 e. The van der Waals surface area contributed by atoms with Crippen molar-refractivity contribution in [2.75, 3.05) is 5.75 Å². The molecule has 0 bridgehead atoms. The molecule has 0 amide bonds. The monoisotopic (exact) mass is 266 g/mol. The van der Waals surface area contributed by atoms with Crippen LogP contribution in [0.2, 0.25) is 0 Å². The minimum atomic E-state index is -1.20. The van der Waals surface area contributed by atoms with Crippen molar-refractivity contribution in [2.45, 2.75) is 50.8 Å². The second-order valence-electron chi connectivity index (χ2n) is 5.55. The van der Waals surface area contributed by atoms with Crippen LogP contribution in [0.15, 0.2) is 29.2 Å². The number of carbonyl (C=O) groups is 1. The van der Waals surface area contributed by atoms with E-state index in [-0.39, 0.29) is 17.0 Å². The number of hydrogen-bond donors (Lipinski definition) is 0. The van der Waals surface area contributed by atoms with Crippen molar-refractivity contribution in [1.82, 2.24) is 0 Å². The molecular formula is C15H22O2S. The van der Waals surface area contributed by atoms with E-state index in [9.17, 15) is 9.00 Å². The average Bonchev–Trinajstić information content (AvgIpc) is 2.28. The summed E-state index contributed by atoms with van der Waals surface area (Å²) in [4.78, 5) is 12.2. The van der Waals surface area contributed by atoms with Crippen molar-refractivity contribution in [2.24, 2.45) is 0 Å². The first kappa shape index (κ1) is 15.1. The van der Waals surface area contributed by atoms with E-state index in [0.29, 0.717) is 6.42 Å². The van der Waals surface area contributed by atoms with Crippen LogP contribution in [0.4, 0.5) is 0 Å². The summed E-state index contributed by atoms with van der Waals surface area (Å²) in [7, 11) is -1.20. The Morgan fingerprint density at radius 3 is 2.17 bits per heavy atom. The fourth-order valence-electron chi connectivity index (χ4n) is 1.69. The normalized spacial score (nSPS) is 13.3. The summed E-state index contributed by atoms with van der Waals surface area (Å²) in [6, 6.07) is 7.74. The first-order valence-electron chi connectivity index (χ1n) is 6.35. The summed E-state index contributed by atoms with van der Waals surface area (Å²) in [5, 5.41) is 0. The van der Waals surface area contributed by atoms with Crippen molar-refractivity contribution < 1.29 is 9.00 Å². The van der Waals surface area contributed by atoms with Gasteiger partial charge in [-0.3, -0.25) is 9.00 Å². The lowest BCUT2D eigenvalue weighted by molar-refractivity contribution is -0.116. The van der Waals surface area contributed by atoms with Crippen LogP contribution in [0, 0.1) is 0 Å². The van der Waals surface area contributed by atoms with E-state index >= 15 is 0 Å². The smallest absolute Gasteiger partial charge is 0.145 e. The summed E-state index contributed by atoms with van der Waals surface area (Å²) in [5.41, 5.74) is 1.31. The summed E-state index contributed by atoms with van der Waals surface area (Å²) in [5.74, 6) is 0.221. The molecular weight excluding hydrogens is 244 g/mol. The summed E-state index contributed by atoms with van der Waals surface area (Å²) >= 11 is 0. The van der Waals surface area contributed by atoms with E-state index in [0.717, 1.165) is 11.3 Å². The summed E-state index contributed by atoms with van der Waals surface area (Å²) in [6.45, 7) is 8.39. The van der Waals surface area contributed by atoms with E-state index < -0.39 is 10.8 Å². The second-order valence-corrected chi connectivity index (χ2v) is 7.00. The molecule has 0 fully saturated rings. The summed E-state index contributed by atoms with van der Waals surface area (Å²) in [6.07, 6.45) is 1.34. The van der Waals surface area contributed by atoms with Crippen LogP contribution < -0.4 is 0 Å². The van der Waals surface area contributed by atoms with Crippen LogP contribution in [0.25, 0.3) is 0 Å². The zero-order valence-electron chi connectivity index (χ0n) is 11.7.